The second-order valence-corrected chi connectivity index (χ2v) is 5.84. The molecule has 1 saturated carbocycles. The first-order valence-electron chi connectivity index (χ1n) is 7.30. The van der Waals surface area contributed by atoms with Crippen molar-refractivity contribution in [2.75, 3.05) is 12.3 Å². The Hall–Kier alpha value is -2.11. The highest BCUT2D eigenvalue weighted by atomic mass is 16.6. The largest absolute Gasteiger partial charge is 0.393 e. The molecule has 0 aliphatic heterocycles. The van der Waals surface area contributed by atoms with Gasteiger partial charge < -0.3 is 11.1 Å². The first-order valence-corrected chi connectivity index (χ1v) is 7.30. The minimum atomic E-state index is -0.605. The third-order valence-electron chi connectivity index (χ3n) is 4.18. The predicted molar refractivity (Wildman–Crippen MR) is 81.0 cm³/mol. The molecule has 0 atom stereocenters. The fourth-order valence-electron chi connectivity index (χ4n) is 2.81. The van der Waals surface area contributed by atoms with Gasteiger partial charge in [0.05, 0.1) is 4.92 Å². The van der Waals surface area contributed by atoms with Crippen LogP contribution in [0.3, 0.4) is 0 Å². The average Bonchev–Trinajstić information content (AvgIpc) is 2.45. The summed E-state index contributed by atoms with van der Waals surface area (Å²) in [5, 5.41) is 13.8. The maximum Gasteiger partial charge on any atom is 0.304 e. The zero-order valence-electron chi connectivity index (χ0n) is 12.2. The van der Waals surface area contributed by atoms with Gasteiger partial charge in [-0.3, -0.25) is 14.9 Å². The van der Waals surface area contributed by atoms with Crippen LogP contribution < -0.4 is 11.1 Å². The van der Waals surface area contributed by atoms with Gasteiger partial charge in [0.2, 0.25) is 0 Å². The molecular weight excluding hydrogens is 270 g/mol. The van der Waals surface area contributed by atoms with E-state index in [4.69, 9.17) is 5.73 Å². The topological polar surface area (TPSA) is 98.3 Å². The Morgan fingerprint density at radius 2 is 2.05 bits per heavy atom. The summed E-state index contributed by atoms with van der Waals surface area (Å²) in [5.74, 6) is 0.796. The first-order chi connectivity index (χ1) is 9.99. The molecule has 1 aromatic carbocycles. The van der Waals surface area contributed by atoms with Crippen molar-refractivity contribution >= 4 is 17.3 Å². The highest BCUT2D eigenvalue weighted by Crippen LogP contribution is 2.28. The number of rotatable bonds is 4. The second-order valence-electron chi connectivity index (χ2n) is 5.84. The lowest BCUT2D eigenvalue weighted by Gasteiger charge is -2.26. The van der Waals surface area contributed by atoms with Gasteiger partial charge in [0.1, 0.15) is 11.3 Å². The molecular formula is C15H21N3O3. The number of carbonyl (C=O) groups is 1. The molecule has 1 aromatic rings. The number of nitrogen functional groups attached to an aromatic ring is 1. The number of benzene rings is 1. The Morgan fingerprint density at radius 3 is 2.67 bits per heavy atom. The van der Waals surface area contributed by atoms with E-state index in [9.17, 15) is 14.9 Å². The Balaban J connectivity index is 2.01. The molecule has 0 unspecified atom stereocenters. The lowest BCUT2D eigenvalue weighted by molar-refractivity contribution is -0.384. The number of nitro benzene ring substituents is 1. The number of nitrogens with one attached hydrogen (secondary N) is 1. The molecule has 6 nitrogen and oxygen atoms in total. The van der Waals surface area contributed by atoms with Gasteiger partial charge in [0, 0.05) is 6.54 Å². The Bertz CT molecular complexity index is 537. The van der Waals surface area contributed by atoms with Crippen LogP contribution >= 0.6 is 0 Å². The molecule has 114 valence electrons. The van der Waals surface area contributed by atoms with Gasteiger partial charge in [-0.05, 0) is 36.8 Å². The molecule has 6 heteroatoms. The van der Waals surface area contributed by atoms with Crippen LogP contribution in [0.25, 0.3) is 0 Å². The number of hydrogen-bond acceptors (Lipinski definition) is 4. The van der Waals surface area contributed by atoms with Crippen molar-refractivity contribution in [3.63, 3.8) is 0 Å². The van der Waals surface area contributed by atoms with Gasteiger partial charge >= 0.3 is 5.69 Å². The SMILES string of the molecule is CC1CCC(CNC(=O)c2cccc(N)c2[N+](=O)[O-])CC1. The molecule has 0 aromatic heterocycles. The Morgan fingerprint density at radius 1 is 1.38 bits per heavy atom. The summed E-state index contributed by atoms with van der Waals surface area (Å²) in [5.41, 5.74) is 5.32. The number of nitrogens with two attached hydrogens (primary N) is 1. The molecule has 0 spiro atoms. The lowest BCUT2D eigenvalue weighted by atomic mass is 9.83. The van der Waals surface area contributed by atoms with E-state index >= 15 is 0 Å². The van der Waals surface area contributed by atoms with Gasteiger partial charge in [0.25, 0.3) is 5.91 Å². The minimum Gasteiger partial charge on any atom is -0.393 e. The van der Waals surface area contributed by atoms with Crippen molar-refractivity contribution < 1.29 is 9.72 Å². The third kappa shape index (κ3) is 3.71. The number of anilines is 1. The van der Waals surface area contributed by atoms with Crippen LogP contribution in [-0.2, 0) is 0 Å². The number of amides is 1. The van der Waals surface area contributed by atoms with Crippen molar-refractivity contribution in [2.45, 2.75) is 32.6 Å². The van der Waals surface area contributed by atoms with Crippen molar-refractivity contribution in [1.29, 1.82) is 0 Å². The first kappa shape index (κ1) is 15.3. The normalized spacial score (nSPS) is 21.8. The maximum absolute atomic E-state index is 12.2. The molecule has 1 aliphatic carbocycles. The van der Waals surface area contributed by atoms with Gasteiger partial charge in [-0.2, -0.15) is 0 Å². The fourth-order valence-corrected chi connectivity index (χ4v) is 2.81. The Labute approximate surface area is 123 Å². The van der Waals surface area contributed by atoms with Crippen LogP contribution in [0.15, 0.2) is 18.2 Å². The van der Waals surface area contributed by atoms with Crippen LogP contribution in [-0.4, -0.2) is 17.4 Å². The Kier molecular flexibility index (Phi) is 4.77. The molecule has 0 heterocycles. The monoisotopic (exact) mass is 291 g/mol. The van der Waals surface area contributed by atoms with E-state index in [1.807, 2.05) is 0 Å². The quantitative estimate of drug-likeness (QED) is 0.506. The van der Waals surface area contributed by atoms with Crippen LogP contribution in [0, 0.1) is 22.0 Å². The highest BCUT2D eigenvalue weighted by molar-refractivity contribution is 6.00. The molecule has 3 N–H and O–H groups in total. The summed E-state index contributed by atoms with van der Waals surface area (Å²) in [7, 11) is 0. The van der Waals surface area contributed by atoms with Crippen molar-refractivity contribution in [3.8, 4) is 0 Å². The lowest BCUT2D eigenvalue weighted by Crippen LogP contribution is -2.31. The van der Waals surface area contributed by atoms with Gasteiger partial charge in [0.15, 0.2) is 0 Å². The highest BCUT2D eigenvalue weighted by Gasteiger charge is 2.24. The summed E-state index contributed by atoms with van der Waals surface area (Å²) in [6, 6.07) is 4.42. The maximum atomic E-state index is 12.2. The standard InChI is InChI=1S/C15H21N3O3/c1-10-5-7-11(8-6-10)9-17-15(19)12-3-2-4-13(16)14(12)18(20)21/h2-4,10-11H,5-9,16H2,1H3,(H,17,19). The van der Waals surface area contributed by atoms with Crippen LogP contribution in [0.4, 0.5) is 11.4 Å². The molecule has 1 fully saturated rings. The zero-order chi connectivity index (χ0) is 15.4. The van der Waals surface area contributed by atoms with E-state index in [0.717, 1.165) is 18.8 Å². The van der Waals surface area contributed by atoms with Crippen molar-refractivity contribution in [1.82, 2.24) is 5.32 Å². The number of para-hydroxylation sites is 1. The average molecular weight is 291 g/mol. The number of nitro groups is 1. The summed E-state index contributed by atoms with van der Waals surface area (Å²) < 4.78 is 0. The zero-order valence-corrected chi connectivity index (χ0v) is 12.2. The van der Waals surface area contributed by atoms with E-state index in [-0.39, 0.29) is 16.9 Å². The summed E-state index contributed by atoms with van der Waals surface area (Å²) in [6.07, 6.45) is 4.55. The van der Waals surface area contributed by atoms with E-state index in [0.29, 0.717) is 12.5 Å². The molecule has 1 amide bonds. The van der Waals surface area contributed by atoms with Crippen LogP contribution in [0.2, 0.25) is 0 Å². The van der Waals surface area contributed by atoms with Crippen molar-refractivity contribution in [3.05, 3.63) is 33.9 Å². The molecule has 21 heavy (non-hydrogen) atoms. The smallest absolute Gasteiger partial charge is 0.304 e. The minimum absolute atomic E-state index is 0.0131. The molecule has 0 radical (unpaired) electrons. The third-order valence-corrected chi connectivity index (χ3v) is 4.18. The molecule has 0 saturated heterocycles. The fraction of sp³-hybridized carbons (Fsp3) is 0.533. The van der Waals surface area contributed by atoms with Gasteiger partial charge in [-0.1, -0.05) is 25.8 Å². The predicted octanol–water partition coefficient (Wildman–Crippen LogP) is 2.73. The number of hydrogen-bond donors (Lipinski definition) is 2. The molecule has 1 aliphatic rings. The van der Waals surface area contributed by atoms with Crippen LogP contribution in [0.5, 0.6) is 0 Å². The number of carbonyl (C=O) groups excluding carboxylic acids is 1. The van der Waals surface area contributed by atoms with E-state index in [1.165, 1.54) is 25.0 Å². The second kappa shape index (κ2) is 6.56. The summed E-state index contributed by atoms with van der Waals surface area (Å²) >= 11 is 0. The van der Waals surface area contributed by atoms with E-state index in [2.05, 4.69) is 12.2 Å². The summed E-state index contributed by atoms with van der Waals surface area (Å²) in [4.78, 5) is 22.6. The molecule has 0 bridgehead atoms. The molecule has 2 rings (SSSR count). The number of nitrogens with zero attached hydrogens (tertiary/aromatic N) is 1. The van der Waals surface area contributed by atoms with Gasteiger partial charge in [-0.15, -0.1) is 0 Å². The summed E-state index contributed by atoms with van der Waals surface area (Å²) in [6.45, 7) is 2.81. The van der Waals surface area contributed by atoms with E-state index < -0.39 is 10.8 Å². The van der Waals surface area contributed by atoms with Crippen LogP contribution in [0.1, 0.15) is 43.0 Å². The van der Waals surface area contributed by atoms with Crippen molar-refractivity contribution in [2.24, 2.45) is 11.8 Å². The van der Waals surface area contributed by atoms with E-state index in [1.54, 1.807) is 6.07 Å². The van der Waals surface area contributed by atoms with Gasteiger partial charge in [-0.25, -0.2) is 0 Å².